The molecule has 0 bridgehead atoms. The summed E-state index contributed by atoms with van der Waals surface area (Å²) in [5, 5.41) is 10.8. The number of amides is 1. The van der Waals surface area contributed by atoms with Crippen LogP contribution in [-0.4, -0.2) is 53.5 Å². The Morgan fingerprint density at radius 3 is 2.45 bits per heavy atom. The van der Waals surface area contributed by atoms with E-state index >= 15 is 0 Å². The van der Waals surface area contributed by atoms with Crippen LogP contribution < -0.4 is 20.9 Å². The third-order valence-electron chi connectivity index (χ3n) is 6.54. The number of carbonyl (C=O) groups excluding carboxylic acids is 1. The van der Waals surface area contributed by atoms with Gasteiger partial charge in [-0.2, -0.15) is 4.98 Å². The maximum absolute atomic E-state index is 11.7. The molecule has 0 unspecified atom stereocenters. The molecule has 0 spiro atoms. The topological polar surface area (TPSA) is 85.4 Å². The molecule has 1 amide bonds. The van der Waals surface area contributed by atoms with Crippen LogP contribution in [0.4, 0.5) is 34.5 Å². The molecule has 1 saturated heterocycles. The van der Waals surface area contributed by atoms with Gasteiger partial charge in [0.25, 0.3) is 0 Å². The lowest BCUT2D eigenvalue weighted by Gasteiger charge is -2.35. The Morgan fingerprint density at radius 2 is 1.71 bits per heavy atom. The molecule has 3 N–H and O–H groups in total. The number of benzene rings is 3. The largest absolute Gasteiger partial charge is 0.369 e. The molecular weight excluding hydrogens is 498 g/mol. The van der Waals surface area contributed by atoms with Crippen molar-refractivity contribution in [3.05, 3.63) is 84.4 Å². The number of halogens is 1. The Hall–Kier alpha value is -4.14. The Kier molecular flexibility index (Phi) is 7.72. The molecule has 9 heteroatoms. The number of fused-ring (bicyclic) bond motifs is 1. The van der Waals surface area contributed by atoms with Crippen molar-refractivity contribution in [1.29, 1.82) is 0 Å². The Morgan fingerprint density at radius 1 is 0.947 bits per heavy atom. The van der Waals surface area contributed by atoms with Crippen molar-refractivity contribution < 1.29 is 4.79 Å². The number of hydrogen-bond donors (Lipinski definition) is 3. The van der Waals surface area contributed by atoms with E-state index in [0.29, 0.717) is 22.5 Å². The maximum atomic E-state index is 11.7. The molecule has 0 radical (unpaired) electrons. The van der Waals surface area contributed by atoms with Crippen molar-refractivity contribution >= 4 is 62.9 Å². The summed E-state index contributed by atoms with van der Waals surface area (Å²) < 4.78 is 0. The van der Waals surface area contributed by atoms with Crippen molar-refractivity contribution in [3.63, 3.8) is 0 Å². The quantitative estimate of drug-likeness (QED) is 0.241. The summed E-state index contributed by atoms with van der Waals surface area (Å²) in [5.74, 6) is 0.780. The summed E-state index contributed by atoms with van der Waals surface area (Å²) in [7, 11) is 0. The molecule has 1 fully saturated rings. The normalized spacial score (nSPS) is 13.8. The van der Waals surface area contributed by atoms with Gasteiger partial charge in [-0.05, 0) is 73.3 Å². The summed E-state index contributed by atoms with van der Waals surface area (Å²) in [5.41, 5.74) is 4.26. The molecule has 3 aromatic carbocycles. The number of carbonyl (C=O) groups is 1. The first-order chi connectivity index (χ1) is 18.5. The summed E-state index contributed by atoms with van der Waals surface area (Å²) in [6.45, 7) is 11.0. The van der Waals surface area contributed by atoms with Gasteiger partial charge in [0, 0.05) is 59.3 Å². The van der Waals surface area contributed by atoms with Gasteiger partial charge in [-0.3, -0.25) is 4.79 Å². The van der Waals surface area contributed by atoms with E-state index in [9.17, 15) is 4.79 Å². The minimum atomic E-state index is -0.276. The molecule has 1 aliphatic heterocycles. The van der Waals surface area contributed by atoms with Gasteiger partial charge in [0.2, 0.25) is 11.9 Å². The van der Waals surface area contributed by atoms with Gasteiger partial charge >= 0.3 is 0 Å². The van der Waals surface area contributed by atoms with Gasteiger partial charge in [-0.15, -0.1) is 0 Å². The summed E-state index contributed by atoms with van der Waals surface area (Å²) in [6.07, 6.45) is 1.23. The van der Waals surface area contributed by atoms with Crippen LogP contribution in [-0.2, 0) is 4.79 Å². The zero-order valence-electron chi connectivity index (χ0n) is 21.2. The van der Waals surface area contributed by atoms with Crippen LogP contribution in [0.3, 0.4) is 0 Å². The number of aromatic nitrogens is 2. The summed E-state index contributed by atoms with van der Waals surface area (Å²) in [4.78, 5) is 26.1. The van der Waals surface area contributed by atoms with E-state index in [0.717, 1.165) is 55.0 Å². The van der Waals surface area contributed by atoms with Gasteiger partial charge in [0.05, 0.1) is 5.52 Å². The molecule has 5 rings (SSSR count). The molecule has 0 saturated carbocycles. The van der Waals surface area contributed by atoms with E-state index in [2.05, 4.69) is 63.5 Å². The maximum Gasteiger partial charge on any atom is 0.247 e. The molecule has 8 nitrogen and oxygen atoms in total. The van der Waals surface area contributed by atoms with Gasteiger partial charge in [-0.25, -0.2) is 4.98 Å². The van der Waals surface area contributed by atoms with Crippen molar-refractivity contribution in [3.8, 4) is 0 Å². The van der Waals surface area contributed by atoms with Crippen LogP contribution in [0.5, 0.6) is 0 Å². The van der Waals surface area contributed by atoms with Gasteiger partial charge in [0.1, 0.15) is 5.82 Å². The monoisotopic (exact) mass is 527 g/mol. The third-order valence-corrected chi connectivity index (χ3v) is 6.78. The van der Waals surface area contributed by atoms with Crippen LogP contribution in [0.2, 0.25) is 5.02 Å². The number of anilines is 6. The first kappa shape index (κ1) is 25.5. The fourth-order valence-electron chi connectivity index (χ4n) is 4.46. The predicted molar refractivity (Wildman–Crippen MR) is 157 cm³/mol. The highest BCUT2D eigenvalue weighted by atomic mass is 35.5. The Balaban J connectivity index is 1.38. The van der Waals surface area contributed by atoms with E-state index in [1.165, 1.54) is 11.8 Å². The van der Waals surface area contributed by atoms with E-state index in [1.807, 2.05) is 42.5 Å². The molecule has 1 aromatic heterocycles. The van der Waals surface area contributed by atoms with Crippen LogP contribution in [0, 0.1) is 0 Å². The van der Waals surface area contributed by atoms with Crippen LogP contribution in [0.1, 0.15) is 6.92 Å². The van der Waals surface area contributed by atoms with Crippen molar-refractivity contribution in [1.82, 2.24) is 14.9 Å². The average Bonchev–Trinajstić information content (AvgIpc) is 2.94. The second-order valence-electron chi connectivity index (χ2n) is 9.05. The molecule has 1 aliphatic rings. The molecule has 4 aromatic rings. The first-order valence-corrected chi connectivity index (χ1v) is 13.0. The molecule has 194 valence electrons. The SMILES string of the molecule is C=CC(=O)Nc1cccc(Nc2nc(Nc3ccc(N4CCN(CC)CC4)cc3)nc3ccc(Cl)cc23)c1. The number of rotatable bonds is 8. The highest BCUT2D eigenvalue weighted by Gasteiger charge is 2.16. The molecule has 38 heavy (non-hydrogen) atoms. The zero-order chi connectivity index (χ0) is 26.5. The first-order valence-electron chi connectivity index (χ1n) is 12.6. The second-order valence-corrected chi connectivity index (χ2v) is 9.49. The lowest BCUT2D eigenvalue weighted by molar-refractivity contribution is -0.111. The minimum absolute atomic E-state index is 0.276. The standard InChI is InChI=1S/C29H30ClN7O/c1-3-27(38)31-22-6-5-7-23(19-22)32-28-25-18-20(30)8-13-26(25)34-29(35-28)33-21-9-11-24(12-10-21)37-16-14-36(4-2)15-17-37/h3,5-13,18-19H,1,4,14-17H2,2H3,(H,31,38)(H2,32,33,34,35). The van der Waals surface area contributed by atoms with E-state index in [-0.39, 0.29) is 5.91 Å². The fourth-order valence-corrected chi connectivity index (χ4v) is 4.64. The fraction of sp³-hybridized carbons (Fsp3) is 0.207. The van der Waals surface area contributed by atoms with Gasteiger partial charge in [-0.1, -0.05) is 31.2 Å². The van der Waals surface area contributed by atoms with Crippen LogP contribution >= 0.6 is 11.6 Å². The highest BCUT2D eigenvalue weighted by molar-refractivity contribution is 6.31. The van der Waals surface area contributed by atoms with E-state index in [4.69, 9.17) is 21.6 Å². The average molecular weight is 528 g/mol. The third kappa shape index (κ3) is 6.04. The smallest absolute Gasteiger partial charge is 0.247 e. The second kappa shape index (κ2) is 11.5. The van der Waals surface area contributed by atoms with Crippen molar-refractivity contribution in [2.75, 3.05) is 53.6 Å². The summed E-state index contributed by atoms with van der Waals surface area (Å²) >= 11 is 6.29. The number of likely N-dealkylation sites (N-methyl/N-ethyl adjacent to an activating group) is 1. The van der Waals surface area contributed by atoms with Gasteiger partial charge < -0.3 is 25.8 Å². The lowest BCUT2D eigenvalue weighted by Crippen LogP contribution is -2.46. The number of nitrogens with zero attached hydrogens (tertiary/aromatic N) is 4. The Labute approximate surface area is 227 Å². The molecular formula is C29H30ClN7O. The minimum Gasteiger partial charge on any atom is -0.369 e. The van der Waals surface area contributed by atoms with Gasteiger partial charge in [0.15, 0.2) is 0 Å². The Bertz CT molecular complexity index is 1450. The van der Waals surface area contributed by atoms with Crippen molar-refractivity contribution in [2.24, 2.45) is 0 Å². The number of hydrogen-bond acceptors (Lipinski definition) is 7. The molecule has 0 atom stereocenters. The highest BCUT2D eigenvalue weighted by Crippen LogP contribution is 2.30. The molecule has 2 heterocycles. The zero-order valence-corrected chi connectivity index (χ0v) is 22.0. The van der Waals surface area contributed by atoms with Crippen LogP contribution in [0.15, 0.2) is 79.4 Å². The molecule has 0 aliphatic carbocycles. The number of nitrogens with one attached hydrogen (secondary N) is 3. The predicted octanol–water partition coefficient (Wildman–Crippen LogP) is 6.04. The van der Waals surface area contributed by atoms with Crippen LogP contribution in [0.25, 0.3) is 10.9 Å². The van der Waals surface area contributed by atoms with Crippen molar-refractivity contribution in [2.45, 2.75) is 6.92 Å². The number of piperazine rings is 1. The lowest BCUT2D eigenvalue weighted by atomic mass is 10.2. The van der Waals surface area contributed by atoms with E-state index < -0.39 is 0 Å². The summed E-state index contributed by atoms with van der Waals surface area (Å²) in [6, 6.07) is 21.3. The van der Waals surface area contributed by atoms with E-state index in [1.54, 1.807) is 0 Å².